The normalized spacial score (nSPS) is 20.9. The predicted molar refractivity (Wildman–Crippen MR) is 117 cm³/mol. The number of halogens is 1. The number of carbonyl (C=O) groups is 1. The van der Waals surface area contributed by atoms with E-state index in [4.69, 9.17) is 4.74 Å². The number of benzene rings is 2. The Morgan fingerprint density at radius 1 is 1.16 bits per heavy atom. The van der Waals surface area contributed by atoms with Gasteiger partial charge in [-0.1, -0.05) is 12.1 Å². The van der Waals surface area contributed by atoms with Crippen molar-refractivity contribution in [2.45, 2.75) is 43.9 Å². The summed E-state index contributed by atoms with van der Waals surface area (Å²) in [6.07, 6.45) is -0.335. The Labute approximate surface area is 182 Å². The lowest BCUT2D eigenvalue weighted by Crippen LogP contribution is -2.48. The minimum Gasteiger partial charge on any atom is -0.373 e. The Morgan fingerprint density at radius 3 is 2.42 bits per heavy atom. The molecule has 1 amide bonds. The van der Waals surface area contributed by atoms with Gasteiger partial charge in [0.15, 0.2) is 0 Å². The van der Waals surface area contributed by atoms with Crippen LogP contribution in [-0.2, 0) is 19.6 Å². The van der Waals surface area contributed by atoms with E-state index in [0.717, 1.165) is 5.56 Å². The molecule has 1 heterocycles. The molecule has 1 saturated heterocycles. The first-order chi connectivity index (χ1) is 14.6. The van der Waals surface area contributed by atoms with Crippen LogP contribution < -0.4 is 10.6 Å². The van der Waals surface area contributed by atoms with Crippen molar-refractivity contribution in [3.8, 4) is 0 Å². The van der Waals surface area contributed by atoms with Crippen LogP contribution in [0.1, 0.15) is 32.4 Å². The lowest BCUT2D eigenvalue weighted by Gasteiger charge is -2.34. The van der Waals surface area contributed by atoms with Crippen LogP contribution in [0.3, 0.4) is 0 Å². The lowest BCUT2D eigenvalue weighted by atomic mass is 10.1. The molecule has 7 nitrogen and oxygen atoms in total. The molecule has 0 radical (unpaired) electrons. The third-order valence-electron chi connectivity index (χ3n) is 5.08. The van der Waals surface area contributed by atoms with Crippen molar-refractivity contribution in [3.63, 3.8) is 0 Å². The lowest BCUT2D eigenvalue weighted by molar-refractivity contribution is -0.115. The van der Waals surface area contributed by atoms with E-state index in [9.17, 15) is 17.6 Å². The molecule has 0 unspecified atom stereocenters. The number of nitrogens with one attached hydrogen (secondary N) is 2. The first-order valence-corrected chi connectivity index (χ1v) is 11.6. The van der Waals surface area contributed by atoms with Crippen molar-refractivity contribution >= 4 is 21.6 Å². The van der Waals surface area contributed by atoms with Gasteiger partial charge in [0.1, 0.15) is 5.82 Å². The van der Waals surface area contributed by atoms with Crippen molar-refractivity contribution in [3.05, 3.63) is 59.9 Å². The van der Waals surface area contributed by atoms with Crippen molar-refractivity contribution in [2.24, 2.45) is 0 Å². The van der Waals surface area contributed by atoms with Gasteiger partial charge in [-0.05, 0) is 62.7 Å². The summed E-state index contributed by atoms with van der Waals surface area (Å²) in [5.74, 6) is -0.610. The number of nitrogens with zero attached hydrogens (tertiary/aromatic N) is 1. The zero-order chi connectivity index (χ0) is 22.6. The molecule has 3 rings (SSSR count). The van der Waals surface area contributed by atoms with Crippen LogP contribution in [-0.4, -0.2) is 50.5 Å². The monoisotopic (exact) mass is 449 g/mol. The van der Waals surface area contributed by atoms with E-state index in [-0.39, 0.29) is 41.4 Å². The second kappa shape index (κ2) is 9.86. The van der Waals surface area contributed by atoms with Gasteiger partial charge in [-0.25, -0.2) is 12.8 Å². The topological polar surface area (TPSA) is 87.7 Å². The Hall–Kier alpha value is -2.33. The molecule has 0 aromatic heterocycles. The number of carbonyl (C=O) groups excluding carboxylic acids is 1. The first kappa shape index (κ1) is 23.3. The summed E-state index contributed by atoms with van der Waals surface area (Å²) in [5, 5.41) is 5.77. The average molecular weight is 450 g/mol. The van der Waals surface area contributed by atoms with Gasteiger partial charge >= 0.3 is 0 Å². The molecule has 0 bridgehead atoms. The number of hydrogen-bond donors (Lipinski definition) is 2. The Kier molecular flexibility index (Phi) is 7.42. The highest BCUT2D eigenvalue weighted by molar-refractivity contribution is 7.89. The molecule has 168 valence electrons. The highest BCUT2D eigenvalue weighted by Crippen LogP contribution is 2.22. The van der Waals surface area contributed by atoms with Crippen molar-refractivity contribution in [1.82, 2.24) is 9.62 Å². The van der Waals surface area contributed by atoms with Gasteiger partial charge in [0.05, 0.1) is 23.6 Å². The fourth-order valence-electron chi connectivity index (χ4n) is 3.53. The smallest absolute Gasteiger partial charge is 0.243 e. The molecule has 31 heavy (non-hydrogen) atoms. The minimum absolute atomic E-state index is 0.0291. The van der Waals surface area contributed by atoms with Crippen LogP contribution in [0.2, 0.25) is 0 Å². The Bertz CT molecular complexity index is 1000. The number of sulfonamides is 1. The highest BCUT2D eigenvalue weighted by atomic mass is 32.2. The Morgan fingerprint density at radius 2 is 1.81 bits per heavy atom. The average Bonchev–Trinajstić information content (AvgIpc) is 2.71. The molecule has 2 aromatic carbocycles. The fraction of sp³-hybridized carbons (Fsp3) is 0.409. The molecule has 1 aliphatic rings. The molecule has 2 N–H and O–H groups in total. The standard InChI is InChI=1S/C22H28FN3O4S/c1-15-13-26(14-16(2)30-15)31(28,29)21-9-7-20(8-10-21)25-22(27)12-24-17(3)18-5-4-6-19(23)11-18/h4-11,15-17,24H,12-14H2,1-3H3,(H,25,27)/t15-,16-,17-/m1/s1. The number of hydrogen-bond acceptors (Lipinski definition) is 5. The summed E-state index contributed by atoms with van der Waals surface area (Å²) in [6, 6.07) is 12.1. The summed E-state index contributed by atoms with van der Waals surface area (Å²) < 4.78 is 46.2. The fourth-order valence-corrected chi connectivity index (χ4v) is 5.12. The van der Waals surface area contributed by atoms with Crippen LogP contribution >= 0.6 is 0 Å². The SMILES string of the molecule is C[C@@H]1CN(S(=O)(=O)c2ccc(NC(=O)CN[C@H](C)c3cccc(F)c3)cc2)C[C@@H](C)O1. The molecule has 9 heteroatoms. The molecule has 0 spiro atoms. The first-order valence-electron chi connectivity index (χ1n) is 10.2. The van der Waals surface area contributed by atoms with Gasteiger partial charge in [0, 0.05) is 24.8 Å². The number of morpholine rings is 1. The number of anilines is 1. The zero-order valence-corrected chi connectivity index (χ0v) is 18.7. The van der Waals surface area contributed by atoms with E-state index in [2.05, 4.69) is 10.6 Å². The van der Waals surface area contributed by atoms with Crippen LogP contribution in [0, 0.1) is 5.82 Å². The summed E-state index contributed by atoms with van der Waals surface area (Å²) >= 11 is 0. The van der Waals surface area contributed by atoms with Gasteiger partial charge in [-0.2, -0.15) is 4.31 Å². The maximum Gasteiger partial charge on any atom is 0.243 e. The minimum atomic E-state index is -3.63. The molecule has 1 fully saturated rings. The molecule has 1 aliphatic heterocycles. The van der Waals surface area contributed by atoms with E-state index < -0.39 is 10.0 Å². The van der Waals surface area contributed by atoms with E-state index in [1.54, 1.807) is 24.3 Å². The largest absolute Gasteiger partial charge is 0.373 e. The van der Waals surface area contributed by atoms with Gasteiger partial charge < -0.3 is 15.4 Å². The quantitative estimate of drug-likeness (QED) is 0.679. The van der Waals surface area contributed by atoms with E-state index >= 15 is 0 Å². The highest BCUT2D eigenvalue weighted by Gasteiger charge is 2.32. The number of amides is 1. The molecule has 0 saturated carbocycles. The van der Waals surface area contributed by atoms with Gasteiger partial charge in [-0.3, -0.25) is 4.79 Å². The molecule has 3 atom stereocenters. The zero-order valence-electron chi connectivity index (χ0n) is 17.8. The van der Waals surface area contributed by atoms with Gasteiger partial charge in [-0.15, -0.1) is 0 Å². The maximum atomic E-state index is 13.3. The molecular formula is C22H28FN3O4S. The molecule has 0 aliphatic carbocycles. The third kappa shape index (κ3) is 6.10. The maximum absolute atomic E-state index is 13.3. The van der Waals surface area contributed by atoms with Crippen LogP contribution in [0.15, 0.2) is 53.4 Å². The Balaban J connectivity index is 1.57. The second-order valence-electron chi connectivity index (χ2n) is 7.81. The summed E-state index contributed by atoms with van der Waals surface area (Å²) in [6.45, 7) is 6.18. The number of rotatable bonds is 7. The van der Waals surface area contributed by atoms with Crippen LogP contribution in [0.5, 0.6) is 0 Å². The number of ether oxygens (including phenoxy) is 1. The van der Waals surface area contributed by atoms with Gasteiger partial charge in [0.2, 0.25) is 15.9 Å². The van der Waals surface area contributed by atoms with E-state index in [1.165, 1.54) is 28.6 Å². The van der Waals surface area contributed by atoms with Crippen LogP contribution in [0.25, 0.3) is 0 Å². The van der Waals surface area contributed by atoms with Crippen LogP contribution in [0.4, 0.5) is 10.1 Å². The summed E-state index contributed by atoms with van der Waals surface area (Å²) in [5.41, 5.74) is 1.24. The summed E-state index contributed by atoms with van der Waals surface area (Å²) in [7, 11) is -3.63. The van der Waals surface area contributed by atoms with Crippen molar-refractivity contribution in [1.29, 1.82) is 0 Å². The molecular weight excluding hydrogens is 421 g/mol. The van der Waals surface area contributed by atoms with E-state index in [0.29, 0.717) is 18.8 Å². The molecule has 2 aromatic rings. The van der Waals surface area contributed by atoms with Crippen molar-refractivity contribution in [2.75, 3.05) is 25.0 Å². The second-order valence-corrected chi connectivity index (χ2v) is 9.75. The summed E-state index contributed by atoms with van der Waals surface area (Å²) in [4.78, 5) is 12.4. The van der Waals surface area contributed by atoms with E-state index in [1.807, 2.05) is 20.8 Å². The van der Waals surface area contributed by atoms with Crippen molar-refractivity contribution < 1.29 is 22.3 Å². The third-order valence-corrected chi connectivity index (χ3v) is 6.93. The predicted octanol–water partition coefficient (Wildman–Crippen LogP) is 2.91. The van der Waals surface area contributed by atoms with Gasteiger partial charge in [0.25, 0.3) is 0 Å².